The van der Waals surface area contributed by atoms with E-state index < -0.39 is 0 Å². The molecule has 0 heterocycles. The third-order valence-corrected chi connectivity index (χ3v) is 6.11. The van der Waals surface area contributed by atoms with E-state index in [-0.39, 0.29) is 17.4 Å². The highest BCUT2D eigenvalue weighted by atomic mass is 16.5. The molecule has 0 N–H and O–H groups in total. The summed E-state index contributed by atoms with van der Waals surface area (Å²) < 4.78 is 10.4. The highest BCUT2D eigenvalue weighted by Crippen LogP contribution is 2.60. The maximum Gasteiger partial charge on any atom is 0.308 e. The Hall–Kier alpha value is -2.62. The van der Waals surface area contributed by atoms with E-state index in [9.17, 15) is 9.59 Å². The number of benzene rings is 2. The third-order valence-electron chi connectivity index (χ3n) is 6.11. The molecule has 2 unspecified atom stereocenters. The molecular weight excluding hydrogens is 340 g/mol. The Morgan fingerprint density at radius 1 is 0.815 bits per heavy atom. The Kier molecular flexibility index (Phi) is 4.50. The van der Waals surface area contributed by atoms with Crippen molar-refractivity contribution < 1.29 is 19.1 Å². The number of esters is 2. The van der Waals surface area contributed by atoms with Crippen molar-refractivity contribution in [3.05, 3.63) is 59.7 Å². The summed E-state index contributed by atoms with van der Waals surface area (Å²) in [5, 5.41) is 0. The zero-order chi connectivity index (χ0) is 19.0. The van der Waals surface area contributed by atoms with Gasteiger partial charge in [0.25, 0.3) is 0 Å². The third kappa shape index (κ3) is 3.25. The minimum absolute atomic E-state index is 0.0214. The Morgan fingerprint density at radius 3 is 1.63 bits per heavy atom. The van der Waals surface area contributed by atoms with E-state index in [0.717, 1.165) is 12.3 Å². The number of fused-ring (bicyclic) bond motifs is 2. The van der Waals surface area contributed by atoms with Gasteiger partial charge in [0.15, 0.2) is 0 Å². The molecule has 27 heavy (non-hydrogen) atoms. The van der Waals surface area contributed by atoms with Crippen LogP contribution in [-0.2, 0) is 15.0 Å². The van der Waals surface area contributed by atoms with Gasteiger partial charge in [-0.2, -0.15) is 0 Å². The first-order chi connectivity index (χ1) is 13.0. The first-order valence-corrected chi connectivity index (χ1v) is 9.55. The van der Waals surface area contributed by atoms with Crippen LogP contribution in [0.15, 0.2) is 48.5 Å². The molecule has 0 radical (unpaired) electrons. The molecule has 4 nitrogen and oxygen atoms in total. The average Bonchev–Trinajstić information content (AvgIpc) is 3.24. The van der Waals surface area contributed by atoms with Crippen LogP contribution < -0.4 is 9.47 Å². The topological polar surface area (TPSA) is 52.6 Å². The molecule has 2 aliphatic rings. The molecule has 0 amide bonds. The smallest absolute Gasteiger partial charge is 0.308 e. The molecule has 2 aromatic rings. The number of hydrogen-bond acceptors (Lipinski definition) is 4. The van der Waals surface area contributed by atoms with Gasteiger partial charge in [0.1, 0.15) is 11.5 Å². The minimum atomic E-state index is -0.307. The maximum atomic E-state index is 11.2. The summed E-state index contributed by atoms with van der Waals surface area (Å²) in [5.41, 5.74) is 2.52. The van der Waals surface area contributed by atoms with Gasteiger partial charge in [-0.15, -0.1) is 0 Å². The Bertz CT molecular complexity index is 791. The fraction of sp³-hybridized carbons (Fsp3) is 0.391. The predicted octanol–water partition coefficient (Wildman–Crippen LogP) is 4.64. The molecule has 0 spiro atoms. The van der Waals surface area contributed by atoms with Crippen molar-refractivity contribution >= 4 is 11.9 Å². The lowest BCUT2D eigenvalue weighted by molar-refractivity contribution is -0.132. The van der Waals surface area contributed by atoms with Crippen molar-refractivity contribution in [1.82, 2.24) is 0 Å². The van der Waals surface area contributed by atoms with Crippen LogP contribution in [0.5, 0.6) is 11.5 Å². The standard InChI is InChI=1S/C23H24O4/c1-15(24)26-21-9-5-18(6-10-21)23(14-17-3-4-20(23)13-17)19-7-11-22(12-8-19)27-16(2)25/h5-12,17,20H,3-4,13-14H2,1-2H3. The fourth-order valence-corrected chi connectivity index (χ4v) is 5.18. The lowest BCUT2D eigenvalue weighted by Crippen LogP contribution is -2.34. The van der Waals surface area contributed by atoms with Gasteiger partial charge in [0, 0.05) is 19.3 Å². The van der Waals surface area contributed by atoms with Crippen LogP contribution in [0, 0.1) is 11.8 Å². The quantitative estimate of drug-likeness (QED) is 0.586. The van der Waals surface area contributed by atoms with Crippen LogP contribution in [0.1, 0.15) is 50.7 Å². The molecule has 0 aromatic heterocycles. The van der Waals surface area contributed by atoms with Gasteiger partial charge in [0.2, 0.25) is 0 Å². The van der Waals surface area contributed by atoms with Gasteiger partial charge in [-0.3, -0.25) is 9.59 Å². The molecular formula is C23H24O4. The molecule has 2 aromatic carbocycles. The van der Waals surface area contributed by atoms with E-state index in [1.165, 1.54) is 44.2 Å². The maximum absolute atomic E-state index is 11.2. The van der Waals surface area contributed by atoms with E-state index >= 15 is 0 Å². The summed E-state index contributed by atoms with van der Waals surface area (Å²) in [6.07, 6.45) is 4.94. The number of carbonyl (C=O) groups is 2. The van der Waals surface area contributed by atoms with E-state index in [0.29, 0.717) is 17.4 Å². The van der Waals surface area contributed by atoms with Crippen LogP contribution in [0.2, 0.25) is 0 Å². The predicted molar refractivity (Wildman–Crippen MR) is 102 cm³/mol. The van der Waals surface area contributed by atoms with E-state index in [1.54, 1.807) is 0 Å². The average molecular weight is 364 g/mol. The summed E-state index contributed by atoms with van der Waals surface area (Å²) in [6.45, 7) is 2.83. The summed E-state index contributed by atoms with van der Waals surface area (Å²) >= 11 is 0. The van der Waals surface area contributed by atoms with Crippen molar-refractivity contribution in [3.8, 4) is 11.5 Å². The molecule has 2 atom stereocenters. The van der Waals surface area contributed by atoms with Crippen LogP contribution in [0.3, 0.4) is 0 Å². The monoisotopic (exact) mass is 364 g/mol. The summed E-state index contributed by atoms with van der Waals surface area (Å²) in [5.74, 6) is 1.92. The minimum Gasteiger partial charge on any atom is -0.427 e. The van der Waals surface area contributed by atoms with E-state index in [4.69, 9.17) is 9.47 Å². The molecule has 2 fully saturated rings. The van der Waals surface area contributed by atoms with Gasteiger partial charge in [-0.1, -0.05) is 30.7 Å². The van der Waals surface area contributed by atoms with Gasteiger partial charge >= 0.3 is 11.9 Å². The summed E-state index contributed by atoms with van der Waals surface area (Å²) in [6, 6.07) is 15.9. The number of hydrogen-bond donors (Lipinski definition) is 0. The first kappa shape index (κ1) is 17.8. The normalized spacial score (nSPS) is 22.4. The molecule has 4 heteroatoms. The van der Waals surface area contributed by atoms with Gasteiger partial charge in [-0.05, 0) is 66.5 Å². The largest absolute Gasteiger partial charge is 0.427 e. The summed E-state index contributed by atoms with van der Waals surface area (Å²) in [7, 11) is 0. The van der Waals surface area contributed by atoms with Crippen LogP contribution in [0.25, 0.3) is 0 Å². The van der Waals surface area contributed by atoms with Crippen LogP contribution in [0.4, 0.5) is 0 Å². The molecule has 0 saturated heterocycles. The molecule has 2 saturated carbocycles. The van der Waals surface area contributed by atoms with Crippen LogP contribution >= 0.6 is 0 Å². The highest BCUT2D eigenvalue weighted by molar-refractivity contribution is 5.69. The summed E-state index contributed by atoms with van der Waals surface area (Å²) in [4.78, 5) is 22.4. The number of rotatable bonds is 4. The highest BCUT2D eigenvalue weighted by Gasteiger charge is 2.52. The van der Waals surface area contributed by atoms with Crippen molar-refractivity contribution in [2.24, 2.45) is 11.8 Å². The van der Waals surface area contributed by atoms with Crippen LogP contribution in [-0.4, -0.2) is 11.9 Å². The van der Waals surface area contributed by atoms with E-state index in [2.05, 4.69) is 24.3 Å². The zero-order valence-corrected chi connectivity index (χ0v) is 15.7. The van der Waals surface area contributed by atoms with Gasteiger partial charge in [-0.25, -0.2) is 0 Å². The number of ether oxygens (including phenoxy) is 2. The number of carbonyl (C=O) groups excluding carboxylic acids is 2. The first-order valence-electron chi connectivity index (χ1n) is 9.55. The van der Waals surface area contributed by atoms with Crippen molar-refractivity contribution in [2.45, 2.75) is 44.9 Å². The van der Waals surface area contributed by atoms with Crippen molar-refractivity contribution in [2.75, 3.05) is 0 Å². The second-order valence-corrected chi connectivity index (χ2v) is 7.79. The Balaban J connectivity index is 1.71. The lowest BCUT2D eigenvalue weighted by atomic mass is 9.64. The second-order valence-electron chi connectivity index (χ2n) is 7.79. The van der Waals surface area contributed by atoms with Gasteiger partial charge < -0.3 is 9.47 Å². The molecule has 2 aliphatic carbocycles. The van der Waals surface area contributed by atoms with Gasteiger partial charge in [0.05, 0.1) is 0 Å². The Morgan fingerprint density at radius 2 is 1.30 bits per heavy atom. The SMILES string of the molecule is CC(=O)Oc1ccc(C2(c3ccc(OC(C)=O)cc3)CC3CCC2C3)cc1. The van der Waals surface area contributed by atoms with Crippen molar-refractivity contribution in [1.29, 1.82) is 0 Å². The lowest BCUT2D eigenvalue weighted by Gasteiger charge is -2.39. The van der Waals surface area contributed by atoms with E-state index in [1.807, 2.05) is 24.3 Å². The zero-order valence-electron chi connectivity index (χ0n) is 15.7. The fourth-order valence-electron chi connectivity index (χ4n) is 5.18. The molecule has 0 aliphatic heterocycles. The molecule has 140 valence electrons. The molecule has 4 rings (SSSR count). The Labute approximate surface area is 159 Å². The molecule has 2 bridgehead atoms. The second kappa shape index (κ2) is 6.84. The van der Waals surface area contributed by atoms with Crippen molar-refractivity contribution in [3.63, 3.8) is 0 Å².